The summed E-state index contributed by atoms with van der Waals surface area (Å²) in [5, 5.41) is 7.26. The van der Waals surface area contributed by atoms with E-state index in [9.17, 15) is 4.79 Å². The molecular weight excluding hydrogens is 314 g/mol. The lowest BCUT2D eigenvalue weighted by molar-refractivity contribution is 0.112. The van der Waals surface area contributed by atoms with Crippen LogP contribution in [-0.2, 0) is 24.3 Å². The number of ether oxygens (including phenoxy) is 1. The van der Waals surface area contributed by atoms with Gasteiger partial charge in [-0.15, -0.1) is 0 Å². The van der Waals surface area contributed by atoms with Gasteiger partial charge in [0.2, 0.25) is 0 Å². The number of carbonyl (C=O) groups excluding carboxylic acids is 1. The van der Waals surface area contributed by atoms with Gasteiger partial charge in [-0.2, -0.15) is 0 Å². The van der Waals surface area contributed by atoms with Crippen molar-refractivity contribution in [2.75, 3.05) is 11.9 Å². The van der Waals surface area contributed by atoms with Gasteiger partial charge in [0.25, 0.3) is 0 Å². The molecule has 1 aliphatic heterocycles. The minimum atomic E-state index is -0.260. The zero-order valence-electron chi connectivity index (χ0n) is 12.3. The van der Waals surface area contributed by atoms with E-state index in [0.717, 1.165) is 33.5 Å². The monoisotopic (exact) mass is 329 g/mol. The van der Waals surface area contributed by atoms with Crippen LogP contribution in [0.4, 0.5) is 9.93 Å². The van der Waals surface area contributed by atoms with Crippen LogP contribution in [0.15, 0.2) is 34.9 Å². The first-order chi connectivity index (χ1) is 11.3. The molecule has 3 aromatic rings. The van der Waals surface area contributed by atoms with Gasteiger partial charge in [-0.25, -0.2) is 9.78 Å². The third kappa shape index (κ3) is 3.06. The van der Waals surface area contributed by atoms with E-state index in [4.69, 9.17) is 9.15 Å². The molecule has 0 aliphatic carbocycles. The third-order valence-corrected chi connectivity index (χ3v) is 4.67. The van der Waals surface area contributed by atoms with Gasteiger partial charge in [0.15, 0.2) is 5.13 Å². The van der Waals surface area contributed by atoms with Crippen molar-refractivity contribution in [2.45, 2.75) is 19.6 Å². The molecule has 2 amide bonds. The Balaban J connectivity index is 1.37. The lowest BCUT2D eigenvalue weighted by Gasteiger charge is -2.08. The maximum absolute atomic E-state index is 12.0. The van der Waals surface area contributed by atoms with Crippen LogP contribution in [0.3, 0.4) is 0 Å². The van der Waals surface area contributed by atoms with E-state index in [1.165, 1.54) is 11.3 Å². The molecule has 7 heteroatoms. The molecule has 0 radical (unpaired) electrons. The van der Waals surface area contributed by atoms with E-state index < -0.39 is 0 Å². The topological polar surface area (TPSA) is 76.4 Å². The van der Waals surface area contributed by atoms with Gasteiger partial charge in [-0.05, 0) is 23.8 Å². The summed E-state index contributed by atoms with van der Waals surface area (Å²) >= 11 is 1.47. The number of carbonyl (C=O) groups is 1. The van der Waals surface area contributed by atoms with Crippen LogP contribution in [0.1, 0.15) is 16.1 Å². The molecule has 0 atom stereocenters. The van der Waals surface area contributed by atoms with E-state index in [0.29, 0.717) is 24.9 Å². The largest absolute Gasteiger partial charge is 0.464 e. The van der Waals surface area contributed by atoms with Crippen LogP contribution < -0.4 is 10.6 Å². The number of nitrogens with zero attached hydrogens (tertiary/aromatic N) is 1. The average molecular weight is 329 g/mol. The number of rotatable bonds is 3. The first-order valence-corrected chi connectivity index (χ1v) is 8.17. The first-order valence-electron chi connectivity index (χ1n) is 7.35. The summed E-state index contributed by atoms with van der Waals surface area (Å²) in [6.07, 6.45) is 2.46. The molecule has 0 fully saturated rings. The first kappa shape index (κ1) is 14.2. The summed E-state index contributed by atoms with van der Waals surface area (Å²) in [5.74, 6) is 0. The number of anilines is 1. The van der Waals surface area contributed by atoms with Crippen LogP contribution in [0, 0.1) is 0 Å². The second-order valence-corrected chi connectivity index (χ2v) is 6.38. The highest BCUT2D eigenvalue weighted by molar-refractivity contribution is 7.15. The van der Waals surface area contributed by atoms with Gasteiger partial charge in [-0.3, -0.25) is 5.32 Å². The number of amides is 2. The number of furan rings is 1. The molecule has 3 heterocycles. The maximum Gasteiger partial charge on any atom is 0.321 e. The summed E-state index contributed by atoms with van der Waals surface area (Å²) in [6.45, 7) is 1.72. The fourth-order valence-electron chi connectivity index (χ4n) is 2.53. The highest BCUT2D eigenvalue weighted by atomic mass is 32.1. The Morgan fingerprint density at radius 1 is 1.35 bits per heavy atom. The molecule has 23 heavy (non-hydrogen) atoms. The Morgan fingerprint density at radius 3 is 3.22 bits per heavy atom. The highest BCUT2D eigenvalue weighted by Gasteiger charge is 2.16. The number of hydrogen-bond acceptors (Lipinski definition) is 5. The molecule has 0 bridgehead atoms. The summed E-state index contributed by atoms with van der Waals surface area (Å²) in [6, 6.07) is 7.48. The molecule has 4 rings (SSSR count). The van der Waals surface area contributed by atoms with E-state index in [-0.39, 0.29) is 6.03 Å². The number of thiazole rings is 1. The Hall–Kier alpha value is -2.38. The fraction of sp³-hybridized carbons (Fsp3) is 0.250. The zero-order chi connectivity index (χ0) is 15.6. The smallest absolute Gasteiger partial charge is 0.321 e. The molecular formula is C16H15N3O3S. The molecule has 118 valence electrons. The van der Waals surface area contributed by atoms with Crippen molar-refractivity contribution in [1.29, 1.82) is 0 Å². The summed E-state index contributed by atoms with van der Waals surface area (Å²) in [4.78, 5) is 17.5. The summed E-state index contributed by atoms with van der Waals surface area (Å²) < 4.78 is 10.7. The molecule has 2 aromatic heterocycles. The van der Waals surface area contributed by atoms with Crippen molar-refractivity contribution in [3.63, 3.8) is 0 Å². The quantitative estimate of drug-likeness (QED) is 0.773. The number of urea groups is 1. The van der Waals surface area contributed by atoms with E-state index in [1.54, 1.807) is 6.26 Å². The van der Waals surface area contributed by atoms with Crippen molar-refractivity contribution in [3.05, 3.63) is 46.7 Å². The molecule has 0 spiro atoms. The van der Waals surface area contributed by atoms with E-state index in [2.05, 4.69) is 15.6 Å². The number of hydrogen-bond donors (Lipinski definition) is 2. The number of benzene rings is 1. The Morgan fingerprint density at radius 2 is 2.30 bits per heavy atom. The van der Waals surface area contributed by atoms with Crippen LogP contribution in [0.25, 0.3) is 11.0 Å². The minimum Gasteiger partial charge on any atom is -0.464 e. The number of aromatic nitrogens is 1. The third-order valence-electron chi connectivity index (χ3n) is 3.68. The van der Waals surface area contributed by atoms with Crippen molar-refractivity contribution >= 4 is 33.5 Å². The van der Waals surface area contributed by atoms with Gasteiger partial charge in [-0.1, -0.05) is 17.4 Å². The van der Waals surface area contributed by atoms with Gasteiger partial charge < -0.3 is 14.5 Å². The molecule has 2 N–H and O–H groups in total. The van der Waals surface area contributed by atoms with Gasteiger partial charge in [0.1, 0.15) is 5.58 Å². The second kappa shape index (κ2) is 6.02. The SMILES string of the molecule is O=C(NCc1ccc2occc2c1)Nc1nc2c(s1)COCC2. The molecule has 0 saturated carbocycles. The fourth-order valence-corrected chi connectivity index (χ4v) is 3.47. The van der Waals surface area contributed by atoms with Crippen LogP contribution in [-0.4, -0.2) is 17.6 Å². The van der Waals surface area contributed by atoms with Crippen LogP contribution >= 0.6 is 11.3 Å². The number of nitrogens with one attached hydrogen (secondary N) is 2. The van der Waals surface area contributed by atoms with Crippen molar-refractivity contribution < 1.29 is 13.9 Å². The van der Waals surface area contributed by atoms with Gasteiger partial charge in [0, 0.05) is 18.4 Å². The van der Waals surface area contributed by atoms with E-state index in [1.807, 2.05) is 24.3 Å². The highest BCUT2D eigenvalue weighted by Crippen LogP contribution is 2.26. The molecule has 0 unspecified atom stereocenters. The lowest BCUT2D eigenvalue weighted by Crippen LogP contribution is -2.28. The van der Waals surface area contributed by atoms with E-state index >= 15 is 0 Å². The molecule has 1 aromatic carbocycles. The standard InChI is InChI=1S/C16H15N3O3S/c20-15(19-16-18-12-4-5-21-9-14(12)23-16)17-8-10-1-2-13-11(7-10)3-6-22-13/h1-3,6-7H,4-5,8-9H2,(H2,17,18,19,20). The normalized spacial score (nSPS) is 13.7. The predicted molar refractivity (Wildman–Crippen MR) is 87.5 cm³/mol. The maximum atomic E-state index is 12.0. The predicted octanol–water partition coefficient (Wildman–Crippen LogP) is 3.28. The van der Waals surface area contributed by atoms with Crippen molar-refractivity contribution in [3.8, 4) is 0 Å². The average Bonchev–Trinajstić information content (AvgIpc) is 3.18. The summed E-state index contributed by atoms with van der Waals surface area (Å²) in [7, 11) is 0. The Labute approximate surface area is 136 Å². The van der Waals surface area contributed by atoms with Gasteiger partial charge >= 0.3 is 6.03 Å². The Kier molecular flexibility index (Phi) is 3.72. The lowest BCUT2D eigenvalue weighted by atomic mass is 10.1. The van der Waals surface area contributed by atoms with Crippen molar-refractivity contribution in [1.82, 2.24) is 10.3 Å². The molecule has 0 saturated heterocycles. The second-order valence-electron chi connectivity index (χ2n) is 5.29. The van der Waals surface area contributed by atoms with Gasteiger partial charge in [0.05, 0.1) is 30.0 Å². The van der Waals surface area contributed by atoms with Crippen LogP contribution in [0.2, 0.25) is 0 Å². The Bertz CT molecular complexity index is 832. The number of fused-ring (bicyclic) bond motifs is 2. The minimum absolute atomic E-state index is 0.260. The zero-order valence-corrected chi connectivity index (χ0v) is 13.1. The van der Waals surface area contributed by atoms with Crippen molar-refractivity contribution in [2.24, 2.45) is 0 Å². The molecule has 6 nitrogen and oxygen atoms in total. The summed E-state index contributed by atoms with van der Waals surface area (Å²) in [5.41, 5.74) is 2.89. The molecule has 1 aliphatic rings. The van der Waals surface area contributed by atoms with Crippen LogP contribution in [0.5, 0.6) is 0 Å².